The van der Waals surface area contributed by atoms with Crippen LogP contribution in [-0.2, 0) is 4.74 Å². The molecule has 1 heterocycles. The summed E-state index contributed by atoms with van der Waals surface area (Å²) in [6, 6.07) is 0. The summed E-state index contributed by atoms with van der Waals surface area (Å²) in [7, 11) is 0. The van der Waals surface area contributed by atoms with E-state index in [2.05, 4.69) is 10.1 Å². The molecular weight excluding hydrogens is 147 g/mol. The first kappa shape index (κ1) is 7.81. The van der Waals surface area contributed by atoms with Crippen molar-refractivity contribution in [1.29, 1.82) is 0 Å². The molecule has 0 aromatic rings. The number of nitrogens with one attached hydrogen (secondary N) is 1. The van der Waals surface area contributed by atoms with Gasteiger partial charge in [-0.3, -0.25) is 4.74 Å². The van der Waals surface area contributed by atoms with Gasteiger partial charge in [0, 0.05) is 6.54 Å². The van der Waals surface area contributed by atoms with Gasteiger partial charge in [-0.2, -0.15) is 0 Å². The predicted molar refractivity (Wildman–Crippen MR) is 28.4 cm³/mol. The summed E-state index contributed by atoms with van der Waals surface area (Å²) in [4.78, 5) is 0. The Bertz CT molecular complexity index is 108. The number of ether oxygens (including phenoxy) is 1. The molecule has 0 radical (unpaired) electrons. The van der Waals surface area contributed by atoms with Crippen molar-refractivity contribution in [2.75, 3.05) is 13.1 Å². The van der Waals surface area contributed by atoms with E-state index in [-0.39, 0.29) is 0 Å². The molecule has 0 aromatic heterocycles. The van der Waals surface area contributed by atoms with Crippen molar-refractivity contribution in [1.82, 2.24) is 5.32 Å². The zero-order valence-corrected chi connectivity index (χ0v) is 5.24. The van der Waals surface area contributed by atoms with E-state index < -0.39 is 12.5 Å². The Kier molecular flexibility index (Phi) is 2.15. The number of rotatable bonds is 1. The van der Waals surface area contributed by atoms with Gasteiger partial charge in [-0.15, -0.1) is 13.2 Å². The number of hydrogen-bond donors (Lipinski definition) is 1. The van der Waals surface area contributed by atoms with Crippen LogP contribution in [0.15, 0.2) is 0 Å². The summed E-state index contributed by atoms with van der Waals surface area (Å²) in [5.74, 6) is 0. The highest BCUT2D eigenvalue weighted by Gasteiger charge is 2.34. The molecule has 0 amide bonds. The third kappa shape index (κ3) is 2.53. The van der Waals surface area contributed by atoms with E-state index in [9.17, 15) is 13.2 Å². The van der Waals surface area contributed by atoms with Crippen LogP contribution in [0.3, 0.4) is 0 Å². The minimum Gasteiger partial charge on any atom is -0.314 e. The summed E-state index contributed by atoms with van der Waals surface area (Å²) in [5.41, 5.74) is 0. The standard InChI is InChI=1S/C5H8F3NO/c6-5(7,8)10-4-1-2-9-3-4/h4,9H,1-3H2/t4-/m1/s1. The molecular formula is C5H8F3NO. The topological polar surface area (TPSA) is 21.3 Å². The lowest BCUT2D eigenvalue weighted by molar-refractivity contribution is -0.339. The first-order valence-corrected chi connectivity index (χ1v) is 3.03. The summed E-state index contributed by atoms with van der Waals surface area (Å²) in [6.45, 7) is 0.917. The minimum absolute atomic E-state index is 0.305. The van der Waals surface area contributed by atoms with Gasteiger partial charge >= 0.3 is 6.36 Å². The largest absolute Gasteiger partial charge is 0.522 e. The molecule has 0 saturated carbocycles. The fourth-order valence-electron chi connectivity index (χ4n) is 0.918. The van der Waals surface area contributed by atoms with Crippen LogP contribution in [0.1, 0.15) is 6.42 Å². The number of halogens is 3. The van der Waals surface area contributed by atoms with Crippen LogP contribution < -0.4 is 5.32 Å². The molecule has 10 heavy (non-hydrogen) atoms. The van der Waals surface area contributed by atoms with Crippen LogP contribution in [0.4, 0.5) is 13.2 Å². The van der Waals surface area contributed by atoms with Crippen molar-refractivity contribution in [3.63, 3.8) is 0 Å². The van der Waals surface area contributed by atoms with E-state index >= 15 is 0 Å². The van der Waals surface area contributed by atoms with E-state index in [1.807, 2.05) is 0 Å². The summed E-state index contributed by atoms with van der Waals surface area (Å²) < 4.78 is 38.1. The van der Waals surface area contributed by atoms with Crippen LogP contribution >= 0.6 is 0 Å². The zero-order valence-electron chi connectivity index (χ0n) is 5.24. The van der Waals surface area contributed by atoms with Crippen LogP contribution in [-0.4, -0.2) is 25.6 Å². The van der Waals surface area contributed by atoms with Crippen molar-refractivity contribution < 1.29 is 17.9 Å². The van der Waals surface area contributed by atoms with Gasteiger partial charge < -0.3 is 5.32 Å². The molecule has 1 N–H and O–H groups in total. The highest BCUT2D eigenvalue weighted by atomic mass is 19.4. The molecule has 1 aliphatic rings. The average molecular weight is 155 g/mol. The highest BCUT2D eigenvalue weighted by molar-refractivity contribution is 4.70. The van der Waals surface area contributed by atoms with Gasteiger partial charge in [-0.25, -0.2) is 0 Å². The lowest BCUT2D eigenvalue weighted by Crippen LogP contribution is -2.25. The average Bonchev–Trinajstić information content (AvgIpc) is 2.12. The molecule has 1 fully saturated rings. The molecule has 0 unspecified atom stereocenters. The first-order valence-electron chi connectivity index (χ1n) is 3.03. The normalized spacial score (nSPS) is 27.3. The Morgan fingerprint density at radius 1 is 1.40 bits per heavy atom. The molecule has 0 aromatic carbocycles. The molecule has 0 aliphatic carbocycles. The Labute approximate surface area is 56.4 Å². The summed E-state index contributed by atoms with van der Waals surface area (Å²) in [5, 5.41) is 2.77. The van der Waals surface area contributed by atoms with Gasteiger partial charge in [0.05, 0.1) is 6.10 Å². The van der Waals surface area contributed by atoms with E-state index in [4.69, 9.17) is 0 Å². The predicted octanol–water partition coefficient (Wildman–Crippen LogP) is 0.885. The molecule has 1 atom stereocenters. The van der Waals surface area contributed by atoms with Crippen molar-refractivity contribution >= 4 is 0 Å². The molecule has 1 saturated heterocycles. The van der Waals surface area contributed by atoms with E-state index in [1.54, 1.807) is 0 Å². The SMILES string of the molecule is FC(F)(F)O[C@@H]1CCNC1. The van der Waals surface area contributed by atoms with Crippen LogP contribution in [0.25, 0.3) is 0 Å². The molecule has 5 heteroatoms. The second kappa shape index (κ2) is 2.75. The number of hydrogen-bond acceptors (Lipinski definition) is 2. The van der Waals surface area contributed by atoms with Crippen LogP contribution in [0.2, 0.25) is 0 Å². The van der Waals surface area contributed by atoms with Gasteiger partial charge in [0.1, 0.15) is 0 Å². The molecule has 1 rings (SSSR count). The lowest BCUT2D eigenvalue weighted by Gasteiger charge is -2.11. The Balaban J connectivity index is 2.24. The molecule has 0 spiro atoms. The Morgan fingerprint density at radius 2 is 2.10 bits per heavy atom. The van der Waals surface area contributed by atoms with E-state index in [1.165, 1.54) is 0 Å². The first-order chi connectivity index (χ1) is 4.58. The smallest absolute Gasteiger partial charge is 0.314 e. The van der Waals surface area contributed by atoms with Gasteiger partial charge in [-0.1, -0.05) is 0 Å². The highest BCUT2D eigenvalue weighted by Crippen LogP contribution is 2.20. The van der Waals surface area contributed by atoms with Gasteiger partial charge in [0.2, 0.25) is 0 Å². The monoisotopic (exact) mass is 155 g/mol. The van der Waals surface area contributed by atoms with E-state index in [0.29, 0.717) is 19.5 Å². The molecule has 60 valence electrons. The fourth-order valence-corrected chi connectivity index (χ4v) is 0.918. The van der Waals surface area contributed by atoms with Crippen LogP contribution in [0, 0.1) is 0 Å². The second-order valence-electron chi connectivity index (χ2n) is 2.18. The maximum Gasteiger partial charge on any atom is 0.522 e. The zero-order chi connectivity index (χ0) is 7.61. The third-order valence-electron chi connectivity index (χ3n) is 1.32. The molecule has 0 bridgehead atoms. The quantitative estimate of drug-likeness (QED) is 0.607. The minimum atomic E-state index is -4.48. The Morgan fingerprint density at radius 3 is 2.50 bits per heavy atom. The second-order valence-corrected chi connectivity index (χ2v) is 2.18. The van der Waals surface area contributed by atoms with Gasteiger partial charge in [0.15, 0.2) is 0 Å². The molecule has 2 nitrogen and oxygen atoms in total. The van der Waals surface area contributed by atoms with Crippen molar-refractivity contribution in [3.05, 3.63) is 0 Å². The van der Waals surface area contributed by atoms with Crippen molar-refractivity contribution in [3.8, 4) is 0 Å². The maximum atomic E-state index is 11.5. The maximum absolute atomic E-state index is 11.5. The van der Waals surface area contributed by atoms with Crippen molar-refractivity contribution in [2.45, 2.75) is 18.9 Å². The summed E-state index contributed by atoms with van der Waals surface area (Å²) >= 11 is 0. The van der Waals surface area contributed by atoms with Crippen molar-refractivity contribution in [2.24, 2.45) is 0 Å². The van der Waals surface area contributed by atoms with Gasteiger partial charge in [0.25, 0.3) is 0 Å². The van der Waals surface area contributed by atoms with Gasteiger partial charge in [-0.05, 0) is 13.0 Å². The third-order valence-corrected chi connectivity index (χ3v) is 1.32. The van der Waals surface area contributed by atoms with E-state index in [0.717, 1.165) is 0 Å². The van der Waals surface area contributed by atoms with Crippen LogP contribution in [0.5, 0.6) is 0 Å². The Hall–Kier alpha value is -0.290. The molecule has 1 aliphatic heterocycles. The number of alkyl halides is 3. The lowest BCUT2D eigenvalue weighted by atomic mass is 10.3. The fraction of sp³-hybridized carbons (Fsp3) is 1.00. The summed E-state index contributed by atoms with van der Waals surface area (Å²) in [6.07, 6.45) is -4.71.